The van der Waals surface area contributed by atoms with E-state index in [1.807, 2.05) is 24.4 Å². The predicted molar refractivity (Wildman–Crippen MR) is 82.1 cm³/mol. The van der Waals surface area contributed by atoms with Crippen LogP contribution in [0, 0.1) is 14.4 Å². The van der Waals surface area contributed by atoms with E-state index in [9.17, 15) is 0 Å². The second-order valence-corrected chi connectivity index (χ2v) is 3.94. The van der Waals surface area contributed by atoms with Crippen LogP contribution in [0.2, 0.25) is 0 Å². The molecular weight excluding hydrogens is 329 g/mol. The van der Waals surface area contributed by atoms with Crippen molar-refractivity contribution in [3.05, 3.63) is 48.0 Å². The van der Waals surface area contributed by atoms with E-state index in [0.717, 1.165) is 24.9 Å². The Bertz CT molecular complexity index is 371. The summed E-state index contributed by atoms with van der Waals surface area (Å²) >= 11 is 0. The van der Waals surface area contributed by atoms with E-state index in [-0.39, 0.29) is 27.8 Å². The molecule has 1 aliphatic rings. The minimum absolute atomic E-state index is 0. The molecule has 2 rings (SSSR count). The largest absolute Gasteiger partial charge is 0.814 e. The van der Waals surface area contributed by atoms with Crippen molar-refractivity contribution < 1.29 is 20.4 Å². The van der Waals surface area contributed by atoms with E-state index in [1.54, 1.807) is 6.92 Å². The summed E-state index contributed by atoms with van der Waals surface area (Å²) in [5.74, 6) is 0. The second kappa shape index (κ2) is 12.2. The Morgan fingerprint density at radius 1 is 1.37 bits per heavy atom. The monoisotopic (exact) mass is 350 g/mol. The smallest absolute Gasteiger partial charge is 0.0654 e. The van der Waals surface area contributed by atoms with Gasteiger partial charge in [-0.2, -0.15) is 0 Å². The number of para-hydroxylation sites is 1. The Morgan fingerprint density at radius 2 is 2.00 bits per heavy atom. The van der Waals surface area contributed by atoms with Crippen molar-refractivity contribution in [3.63, 3.8) is 0 Å². The van der Waals surface area contributed by atoms with Crippen LogP contribution in [0.25, 0.3) is 10.7 Å². The van der Waals surface area contributed by atoms with Gasteiger partial charge in [0.25, 0.3) is 0 Å². The first-order valence-corrected chi connectivity index (χ1v) is 5.96. The van der Waals surface area contributed by atoms with Crippen LogP contribution in [0.3, 0.4) is 0 Å². The fourth-order valence-corrected chi connectivity index (χ4v) is 1.65. The van der Waals surface area contributed by atoms with Gasteiger partial charge in [0.15, 0.2) is 0 Å². The van der Waals surface area contributed by atoms with Gasteiger partial charge in [-0.05, 0) is 24.8 Å². The molecule has 110 valence electrons. The Kier molecular flexibility index (Phi) is 13.2. The molecule has 0 aliphatic carbocycles. The first kappa shape index (κ1) is 20.5. The molecule has 1 saturated heterocycles. The van der Waals surface area contributed by atoms with Gasteiger partial charge in [0, 0.05) is 20.4 Å². The zero-order chi connectivity index (χ0) is 12.5. The molecule has 0 aromatic heterocycles. The molecule has 1 aromatic rings. The van der Waals surface area contributed by atoms with Gasteiger partial charge in [0.2, 0.25) is 0 Å². The molecule has 0 spiro atoms. The fraction of sp³-hybridized carbons (Fsp3) is 0.400. The fourth-order valence-electron chi connectivity index (χ4n) is 1.65. The summed E-state index contributed by atoms with van der Waals surface area (Å²) in [5.41, 5.74) is 2.29. The first-order chi connectivity index (χ1) is 8.27. The average Bonchev–Trinajstić information content (AvgIpc) is 2.82. The topological polar surface area (TPSA) is 48.8 Å². The van der Waals surface area contributed by atoms with Crippen LogP contribution in [0.1, 0.15) is 25.3 Å². The van der Waals surface area contributed by atoms with Gasteiger partial charge < -0.3 is 18.2 Å². The summed E-state index contributed by atoms with van der Waals surface area (Å²) in [4.78, 5) is 4.47. The predicted octanol–water partition coefficient (Wildman–Crippen LogP) is 4.33. The van der Waals surface area contributed by atoms with Gasteiger partial charge in [0.1, 0.15) is 0 Å². The molecule has 1 fully saturated rings. The molecule has 0 bridgehead atoms. The Balaban J connectivity index is 0. The summed E-state index contributed by atoms with van der Waals surface area (Å²) < 4.78 is 0. The van der Waals surface area contributed by atoms with E-state index >= 15 is 0 Å². The molecule has 1 atom stereocenters. The minimum atomic E-state index is 0. The Hall–Kier alpha value is -0.818. The van der Waals surface area contributed by atoms with Gasteiger partial charge in [-0.15, -0.1) is 6.54 Å². The number of benzene rings is 1. The van der Waals surface area contributed by atoms with Gasteiger partial charge in [0.05, 0.1) is 5.69 Å². The Morgan fingerprint density at radius 3 is 2.53 bits per heavy atom. The quantitative estimate of drug-likeness (QED) is 0.433. The Labute approximate surface area is 131 Å². The van der Waals surface area contributed by atoms with Crippen LogP contribution in [0.4, 0.5) is 5.69 Å². The van der Waals surface area contributed by atoms with Crippen LogP contribution in [-0.2, 0) is 20.4 Å². The first-order valence-electron chi connectivity index (χ1n) is 5.96. The van der Waals surface area contributed by atoms with Gasteiger partial charge in [-0.25, -0.2) is 6.21 Å². The van der Waals surface area contributed by atoms with Crippen molar-refractivity contribution in [3.8, 4) is 0 Å². The molecule has 1 aliphatic heterocycles. The third-order valence-corrected chi connectivity index (χ3v) is 2.52. The third kappa shape index (κ3) is 8.05. The molecular formula is C15H22N3Pd-3. The molecule has 19 heavy (non-hydrogen) atoms. The molecule has 0 radical (unpaired) electrons. The van der Waals surface area contributed by atoms with Crippen LogP contribution in [-0.4, -0.2) is 25.0 Å². The number of rotatable bonds is 2. The zero-order valence-corrected chi connectivity index (χ0v) is 13.4. The van der Waals surface area contributed by atoms with Crippen molar-refractivity contribution in [1.29, 1.82) is 0 Å². The standard InChI is InChI=1S/C12H15N2.C2H4N.CH3.Pd/c1-10-5-2-3-7-12(10)14-9-11-6-4-8-13-11;1-2-3;;/h2-3,5,7,9,11H,4,6,8H2,1H3;2H,1H3;1H3;/q3*-1;. The van der Waals surface area contributed by atoms with E-state index in [0.29, 0.717) is 6.04 Å². The third-order valence-electron chi connectivity index (χ3n) is 2.52. The second-order valence-electron chi connectivity index (χ2n) is 3.94. The molecule has 1 unspecified atom stereocenters. The normalized spacial score (nSPS) is 16.8. The van der Waals surface area contributed by atoms with Crippen LogP contribution in [0.15, 0.2) is 29.3 Å². The van der Waals surface area contributed by atoms with Crippen LogP contribution < -0.4 is 0 Å². The van der Waals surface area contributed by atoms with E-state index in [4.69, 9.17) is 5.41 Å². The molecule has 1 aromatic carbocycles. The maximum Gasteiger partial charge on any atom is 0.0654 e. The summed E-state index contributed by atoms with van der Waals surface area (Å²) in [6.45, 7) is 4.64. The van der Waals surface area contributed by atoms with Crippen molar-refractivity contribution >= 4 is 18.1 Å². The molecule has 3 nitrogen and oxygen atoms in total. The van der Waals surface area contributed by atoms with Gasteiger partial charge in [-0.3, -0.25) is 4.99 Å². The van der Waals surface area contributed by atoms with Crippen molar-refractivity contribution in [2.24, 2.45) is 4.99 Å². The SMILES string of the molecule is CC=[N-].Cc1ccccc1N=CC1CCC[N-]1.[CH3-].[Pd]. The van der Waals surface area contributed by atoms with Crippen LogP contribution >= 0.6 is 0 Å². The van der Waals surface area contributed by atoms with Crippen molar-refractivity contribution in [1.82, 2.24) is 0 Å². The number of hydrogen-bond donors (Lipinski definition) is 0. The summed E-state index contributed by atoms with van der Waals surface area (Å²) in [6, 6.07) is 8.54. The molecule has 1 heterocycles. The average molecular weight is 351 g/mol. The van der Waals surface area contributed by atoms with E-state index in [1.165, 1.54) is 12.0 Å². The van der Waals surface area contributed by atoms with Gasteiger partial charge >= 0.3 is 0 Å². The van der Waals surface area contributed by atoms with E-state index in [2.05, 4.69) is 23.3 Å². The molecule has 0 amide bonds. The number of aryl methyl sites for hydroxylation is 1. The summed E-state index contributed by atoms with van der Waals surface area (Å²) in [7, 11) is 0. The maximum absolute atomic E-state index is 7.44. The maximum atomic E-state index is 7.44. The van der Waals surface area contributed by atoms with E-state index < -0.39 is 0 Å². The van der Waals surface area contributed by atoms with Gasteiger partial charge in [-0.1, -0.05) is 44.0 Å². The molecule has 4 heteroatoms. The summed E-state index contributed by atoms with van der Waals surface area (Å²) in [6.07, 6.45) is 5.36. The molecule has 0 saturated carbocycles. The van der Waals surface area contributed by atoms with Crippen LogP contribution in [0.5, 0.6) is 0 Å². The van der Waals surface area contributed by atoms with Crippen molar-refractivity contribution in [2.45, 2.75) is 32.7 Å². The number of hydrogen-bond acceptors (Lipinski definition) is 1. The van der Waals surface area contributed by atoms with Crippen molar-refractivity contribution in [2.75, 3.05) is 6.54 Å². The zero-order valence-electron chi connectivity index (χ0n) is 11.8. The summed E-state index contributed by atoms with van der Waals surface area (Å²) in [5, 5.41) is 11.9. The molecule has 0 N–H and O–H groups in total. The number of aliphatic imine (C=N–C) groups is 1. The minimum Gasteiger partial charge on any atom is -0.814 e. The number of nitrogens with zero attached hydrogens (tertiary/aromatic N) is 3.